The number of fused-ring (bicyclic) bond motifs is 2. The quantitative estimate of drug-likeness (QED) is 0.485. The molecule has 2 aliphatic carbocycles. The minimum atomic E-state index is -0.0187. The summed E-state index contributed by atoms with van der Waals surface area (Å²) in [6, 6.07) is 0.401. The molecule has 0 aromatic heterocycles. The lowest BCUT2D eigenvalue weighted by Crippen LogP contribution is -2.31. The Labute approximate surface area is 55.1 Å². The molecule has 0 amide bonds. The molecule has 2 nitrogen and oxygen atoms in total. The van der Waals surface area contributed by atoms with Gasteiger partial charge in [0.1, 0.15) is 0 Å². The van der Waals surface area contributed by atoms with E-state index in [9.17, 15) is 5.11 Å². The van der Waals surface area contributed by atoms with E-state index >= 15 is 0 Å². The number of nitrogens with two attached hydrogens (primary N) is 1. The zero-order valence-corrected chi connectivity index (χ0v) is 5.46. The van der Waals surface area contributed by atoms with Gasteiger partial charge in [0.05, 0.1) is 6.10 Å². The Balaban J connectivity index is 2.10. The van der Waals surface area contributed by atoms with Crippen LogP contribution >= 0.6 is 0 Å². The van der Waals surface area contributed by atoms with Crippen LogP contribution in [0.15, 0.2) is 0 Å². The molecular weight excluding hydrogens is 114 g/mol. The summed E-state index contributed by atoms with van der Waals surface area (Å²) in [5.74, 6) is 1.19. The van der Waals surface area contributed by atoms with Crippen LogP contribution in [0, 0.1) is 11.8 Å². The van der Waals surface area contributed by atoms with Gasteiger partial charge in [-0.2, -0.15) is 0 Å². The Morgan fingerprint density at radius 3 is 2.22 bits per heavy atom. The van der Waals surface area contributed by atoms with Crippen LogP contribution in [0.3, 0.4) is 0 Å². The number of aliphatic hydroxyl groups excluding tert-OH is 1. The molecule has 0 aromatic rings. The average Bonchev–Trinajstić information content (AvgIpc) is 2.24. The van der Waals surface area contributed by atoms with E-state index in [-0.39, 0.29) is 6.10 Å². The molecule has 52 valence electrons. The maximum Gasteiger partial charge on any atom is 0.0572 e. The molecule has 2 bridgehead atoms. The van der Waals surface area contributed by atoms with Gasteiger partial charge in [0.2, 0.25) is 0 Å². The van der Waals surface area contributed by atoms with Crippen LogP contribution in [0.1, 0.15) is 19.3 Å². The Kier molecular flexibility index (Phi) is 1.08. The van der Waals surface area contributed by atoms with Crippen molar-refractivity contribution in [3.63, 3.8) is 0 Å². The van der Waals surface area contributed by atoms with E-state index in [2.05, 4.69) is 0 Å². The highest BCUT2D eigenvalue weighted by Crippen LogP contribution is 2.43. The van der Waals surface area contributed by atoms with E-state index in [0.717, 1.165) is 12.8 Å². The molecule has 2 heteroatoms. The average molecular weight is 127 g/mol. The lowest BCUT2D eigenvalue weighted by atomic mass is 9.94. The molecule has 1 unspecified atom stereocenters. The summed E-state index contributed by atoms with van der Waals surface area (Å²) in [7, 11) is 0. The van der Waals surface area contributed by atoms with Crippen molar-refractivity contribution in [2.45, 2.75) is 31.4 Å². The molecule has 0 aromatic carbocycles. The van der Waals surface area contributed by atoms with Gasteiger partial charge >= 0.3 is 0 Å². The molecule has 0 radical (unpaired) electrons. The van der Waals surface area contributed by atoms with E-state index in [1.54, 1.807) is 0 Å². The summed E-state index contributed by atoms with van der Waals surface area (Å²) in [5, 5.41) is 9.28. The van der Waals surface area contributed by atoms with Gasteiger partial charge in [-0.05, 0) is 31.1 Å². The minimum Gasteiger partial charge on any atom is -0.393 e. The van der Waals surface area contributed by atoms with Gasteiger partial charge in [-0.1, -0.05) is 0 Å². The van der Waals surface area contributed by atoms with Gasteiger partial charge in [-0.15, -0.1) is 0 Å². The van der Waals surface area contributed by atoms with E-state index in [1.165, 1.54) is 6.42 Å². The summed E-state index contributed by atoms with van der Waals surface area (Å²) in [6.07, 6.45) is 3.19. The third kappa shape index (κ3) is 0.700. The topological polar surface area (TPSA) is 46.2 Å². The van der Waals surface area contributed by atoms with Crippen LogP contribution in [-0.4, -0.2) is 17.3 Å². The van der Waals surface area contributed by atoms with Crippen LogP contribution in [0.2, 0.25) is 0 Å². The molecular formula is C7H13NO. The second-order valence-electron chi connectivity index (χ2n) is 3.46. The maximum atomic E-state index is 9.28. The first-order chi connectivity index (χ1) is 4.27. The highest BCUT2D eigenvalue weighted by molar-refractivity contribution is 4.97. The molecule has 0 heterocycles. The third-order valence-corrected chi connectivity index (χ3v) is 2.87. The van der Waals surface area contributed by atoms with Crippen molar-refractivity contribution in [3.8, 4) is 0 Å². The summed E-state index contributed by atoms with van der Waals surface area (Å²) in [6.45, 7) is 0. The van der Waals surface area contributed by atoms with Crippen LogP contribution in [-0.2, 0) is 0 Å². The molecule has 0 aliphatic heterocycles. The molecule has 2 aliphatic rings. The third-order valence-electron chi connectivity index (χ3n) is 2.87. The van der Waals surface area contributed by atoms with Crippen molar-refractivity contribution in [1.82, 2.24) is 0 Å². The first-order valence-corrected chi connectivity index (χ1v) is 3.71. The first kappa shape index (κ1) is 5.69. The molecule has 0 spiro atoms. The number of hydrogen-bond acceptors (Lipinski definition) is 2. The number of hydrogen-bond donors (Lipinski definition) is 2. The fourth-order valence-corrected chi connectivity index (χ4v) is 2.29. The molecule has 2 fully saturated rings. The molecule has 3 N–H and O–H groups in total. The highest BCUT2D eigenvalue weighted by Gasteiger charge is 2.43. The molecule has 9 heavy (non-hydrogen) atoms. The summed E-state index contributed by atoms with van der Waals surface area (Å²) < 4.78 is 0. The predicted octanol–water partition coefficient (Wildman–Crippen LogP) is 0.104. The molecule has 4 atom stereocenters. The van der Waals surface area contributed by atoms with E-state index < -0.39 is 0 Å². The summed E-state index contributed by atoms with van der Waals surface area (Å²) in [4.78, 5) is 0. The van der Waals surface area contributed by atoms with E-state index in [0.29, 0.717) is 17.9 Å². The monoisotopic (exact) mass is 127 g/mol. The van der Waals surface area contributed by atoms with Gasteiger partial charge in [-0.25, -0.2) is 0 Å². The Bertz CT molecular complexity index is 108. The zero-order valence-electron chi connectivity index (χ0n) is 5.46. The second-order valence-corrected chi connectivity index (χ2v) is 3.46. The summed E-state index contributed by atoms with van der Waals surface area (Å²) >= 11 is 0. The molecule has 2 rings (SSSR count). The number of aliphatic hydroxyl groups is 1. The van der Waals surface area contributed by atoms with Crippen molar-refractivity contribution in [2.24, 2.45) is 17.6 Å². The molecule has 0 saturated heterocycles. The number of rotatable bonds is 0. The minimum absolute atomic E-state index is 0.0187. The van der Waals surface area contributed by atoms with Gasteiger partial charge < -0.3 is 10.8 Å². The Morgan fingerprint density at radius 1 is 1.11 bits per heavy atom. The van der Waals surface area contributed by atoms with Crippen molar-refractivity contribution in [2.75, 3.05) is 0 Å². The van der Waals surface area contributed by atoms with Gasteiger partial charge in [-0.3, -0.25) is 0 Å². The zero-order chi connectivity index (χ0) is 6.43. The fourth-order valence-electron chi connectivity index (χ4n) is 2.29. The maximum absolute atomic E-state index is 9.28. The predicted molar refractivity (Wildman–Crippen MR) is 34.8 cm³/mol. The van der Waals surface area contributed by atoms with Crippen molar-refractivity contribution in [3.05, 3.63) is 0 Å². The van der Waals surface area contributed by atoms with Crippen LogP contribution in [0.4, 0.5) is 0 Å². The Morgan fingerprint density at radius 2 is 1.89 bits per heavy atom. The lowest BCUT2D eigenvalue weighted by Gasteiger charge is -2.20. The van der Waals surface area contributed by atoms with Crippen molar-refractivity contribution in [1.29, 1.82) is 0 Å². The normalized spacial score (nSPS) is 56.7. The first-order valence-electron chi connectivity index (χ1n) is 3.71. The van der Waals surface area contributed by atoms with Gasteiger partial charge in [0.25, 0.3) is 0 Å². The van der Waals surface area contributed by atoms with Gasteiger partial charge in [0.15, 0.2) is 0 Å². The smallest absolute Gasteiger partial charge is 0.0572 e. The lowest BCUT2D eigenvalue weighted by molar-refractivity contribution is 0.108. The molecule has 2 saturated carbocycles. The van der Waals surface area contributed by atoms with Crippen LogP contribution < -0.4 is 5.73 Å². The van der Waals surface area contributed by atoms with E-state index in [4.69, 9.17) is 5.73 Å². The van der Waals surface area contributed by atoms with Crippen LogP contribution in [0.25, 0.3) is 0 Å². The van der Waals surface area contributed by atoms with Crippen molar-refractivity contribution < 1.29 is 5.11 Å². The van der Waals surface area contributed by atoms with E-state index in [1.807, 2.05) is 0 Å². The fraction of sp³-hybridized carbons (Fsp3) is 1.00. The standard InChI is InChI=1S/C7H13NO/c8-6-2-5-1-4(6)3-7(5)9/h4-7,9H,1-3,8H2/t4-,5-,6-,7?/m0/s1. The van der Waals surface area contributed by atoms with Gasteiger partial charge in [0, 0.05) is 6.04 Å². The largest absolute Gasteiger partial charge is 0.393 e. The SMILES string of the molecule is N[C@H]1C[C@@H]2C[C@H]1CC2O. The van der Waals surface area contributed by atoms with Crippen LogP contribution in [0.5, 0.6) is 0 Å². The second kappa shape index (κ2) is 1.70. The summed E-state index contributed by atoms with van der Waals surface area (Å²) in [5.41, 5.74) is 5.77. The highest BCUT2D eigenvalue weighted by atomic mass is 16.3. The van der Waals surface area contributed by atoms with Crippen molar-refractivity contribution >= 4 is 0 Å². The Hall–Kier alpha value is -0.0800.